The van der Waals surface area contributed by atoms with Crippen LogP contribution in [-0.2, 0) is 5.41 Å². The van der Waals surface area contributed by atoms with Crippen molar-refractivity contribution in [2.45, 2.75) is 19.3 Å². The number of nitrogens with zero attached hydrogens (tertiary/aromatic N) is 1. The van der Waals surface area contributed by atoms with E-state index in [1.807, 2.05) is 24.5 Å². The molecule has 2 heteroatoms. The molecule has 1 heterocycles. The summed E-state index contributed by atoms with van der Waals surface area (Å²) in [7, 11) is 1.68. The van der Waals surface area contributed by atoms with Crippen LogP contribution in [0.4, 0.5) is 0 Å². The van der Waals surface area contributed by atoms with Crippen LogP contribution in [0.25, 0.3) is 0 Å². The van der Waals surface area contributed by atoms with Crippen LogP contribution in [0.2, 0.25) is 0 Å². The molecule has 0 radical (unpaired) electrons. The van der Waals surface area contributed by atoms with Crippen LogP contribution in [-0.4, -0.2) is 12.1 Å². The molecule has 0 unspecified atom stereocenters. The van der Waals surface area contributed by atoms with Crippen molar-refractivity contribution in [3.05, 3.63) is 59.9 Å². The molecular formula is C15H17NO. The first-order valence-corrected chi connectivity index (χ1v) is 5.69. The number of ether oxygens (including phenoxy) is 1. The van der Waals surface area contributed by atoms with Gasteiger partial charge in [0.2, 0.25) is 0 Å². The molecule has 0 atom stereocenters. The third-order valence-corrected chi connectivity index (χ3v) is 3.21. The van der Waals surface area contributed by atoms with E-state index in [1.54, 1.807) is 7.11 Å². The van der Waals surface area contributed by atoms with Crippen molar-refractivity contribution in [1.82, 2.24) is 4.98 Å². The first kappa shape index (κ1) is 11.6. The average molecular weight is 227 g/mol. The molecule has 0 fully saturated rings. The Balaban J connectivity index is 2.37. The summed E-state index contributed by atoms with van der Waals surface area (Å²) in [5, 5.41) is 0. The SMILES string of the molecule is COc1ccc(C(C)(C)c2ccncc2)cc1. The Labute approximate surface area is 102 Å². The lowest BCUT2D eigenvalue weighted by atomic mass is 9.78. The minimum atomic E-state index is -0.0186. The summed E-state index contributed by atoms with van der Waals surface area (Å²) in [6, 6.07) is 12.3. The number of methoxy groups -OCH3 is 1. The lowest BCUT2D eigenvalue weighted by molar-refractivity contribution is 0.414. The maximum atomic E-state index is 5.18. The van der Waals surface area contributed by atoms with Gasteiger partial charge in [-0.25, -0.2) is 0 Å². The molecular weight excluding hydrogens is 210 g/mol. The maximum absolute atomic E-state index is 5.18. The topological polar surface area (TPSA) is 22.1 Å². The zero-order valence-electron chi connectivity index (χ0n) is 10.5. The molecule has 2 aromatic rings. The molecule has 0 aliphatic carbocycles. The van der Waals surface area contributed by atoms with Crippen LogP contribution < -0.4 is 4.74 Å². The second kappa shape index (κ2) is 4.58. The molecule has 0 spiro atoms. The summed E-state index contributed by atoms with van der Waals surface area (Å²) in [4.78, 5) is 4.06. The standard InChI is InChI=1S/C15H17NO/c1-15(2,13-8-10-16-11-9-13)12-4-6-14(17-3)7-5-12/h4-11H,1-3H3. The molecule has 0 N–H and O–H groups in total. The Kier molecular flexibility index (Phi) is 3.14. The van der Waals surface area contributed by atoms with Gasteiger partial charge in [-0.3, -0.25) is 4.98 Å². The zero-order chi connectivity index (χ0) is 12.3. The van der Waals surface area contributed by atoms with Gasteiger partial charge in [0.25, 0.3) is 0 Å². The molecule has 0 saturated carbocycles. The highest BCUT2D eigenvalue weighted by Gasteiger charge is 2.22. The second-order valence-corrected chi connectivity index (χ2v) is 4.59. The van der Waals surface area contributed by atoms with Gasteiger partial charge >= 0.3 is 0 Å². The average Bonchev–Trinajstić information content (AvgIpc) is 2.40. The first-order chi connectivity index (χ1) is 8.14. The van der Waals surface area contributed by atoms with E-state index in [-0.39, 0.29) is 5.41 Å². The summed E-state index contributed by atoms with van der Waals surface area (Å²) >= 11 is 0. The smallest absolute Gasteiger partial charge is 0.118 e. The highest BCUT2D eigenvalue weighted by Crippen LogP contribution is 2.31. The zero-order valence-corrected chi connectivity index (χ0v) is 10.5. The van der Waals surface area contributed by atoms with Crippen molar-refractivity contribution in [1.29, 1.82) is 0 Å². The first-order valence-electron chi connectivity index (χ1n) is 5.69. The molecule has 0 aliphatic heterocycles. The van der Waals surface area contributed by atoms with Crippen LogP contribution in [0.15, 0.2) is 48.8 Å². The number of rotatable bonds is 3. The molecule has 2 nitrogen and oxygen atoms in total. The fourth-order valence-electron chi connectivity index (χ4n) is 1.94. The van der Waals surface area contributed by atoms with E-state index in [9.17, 15) is 0 Å². The minimum Gasteiger partial charge on any atom is -0.497 e. The molecule has 1 aromatic carbocycles. The second-order valence-electron chi connectivity index (χ2n) is 4.59. The van der Waals surface area contributed by atoms with Crippen molar-refractivity contribution in [2.75, 3.05) is 7.11 Å². The van der Waals surface area contributed by atoms with E-state index < -0.39 is 0 Å². The van der Waals surface area contributed by atoms with Gasteiger partial charge in [0.15, 0.2) is 0 Å². The summed E-state index contributed by atoms with van der Waals surface area (Å²) < 4.78 is 5.18. The highest BCUT2D eigenvalue weighted by molar-refractivity contribution is 5.39. The van der Waals surface area contributed by atoms with Gasteiger partial charge < -0.3 is 4.74 Å². The largest absolute Gasteiger partial charge is 0.497 e. The molecule has 88 valence electrons. The monoisotopic (exact) mass is 227 g/mol. The van der Waals surface area contributed by atoms with Crippen LogP contribution in [0.1, 0.15) is 25.0 Å². The number of pyridine rings is 1. The number of aromatic nitrogens is 1. The fraction of sp³-hybridized carbons (Fsp3) is 0.267. The van der Waals surface area contributed by atoms with E-state index in [4.69, 9.17) is 4.74 Å². The predicted octanol–water partition coefficient (Wildman–Crippen LogP) is 3.42. The van der Waals surface area contributed by atoms with Gasteiger partial charge in [0.05, 0.1) is 7.11 Å². The molecule has 0 saturated heterocycles. The minimum absolute atomic E-state index is 0.0186. The Morgan fingerprint density at radius 1 is 0.882 bits per heavy atom. The number of benzene rings is 1. The molecule has 2 rings (SSSR count). The summed E-state index contributed by atoms with van der Waals surface area (Å²) in [5.41, 5.74) is 2.51. The summed E-state index contributed by atoms with van der Waals surface area (Å²) in [6.07, 6.45) is 3.67. The Morgan fingerprint density at radius 2 is 1.41 bits per heavy atom. The van der Waals surface area contributed by atoms with E-state index in [2.05, 4.69) is 43.1 Å². The fourth-order valence-corrected chi connectivity index (χ4v) is 1.94. The summed E-state index contributed by atoms with van der Waals surface area (Å²) in [6.45, 7) is 4.42. The number of hydrogen-bond donors (Lipinski definition) is 0. The van der Waals surface area contributed by atoms with Gasteiger partial charge in [-0.2, -0.15) is 0 Å². The van der Waals surface area contributed by atoms with Crippen molar-refractivity contribution >= 4 is 0 Å². The van der Waals surface area contributed by atoms with Crippen LogP contribution in [0.3, 0.4) is 0 Å². The van der Waals surface area contributed by atoms with Crippen LogP contribution in [0.5, 0.6) is 5.75 Å². The van der Waals surface area contributed by atoms with Crippen molar-refractivity contribution in [3.8, 4) is 5.75 Å². The van der Waals surface area contributed by atoms with E-state index in [1.165, 1.54) is 11.1 Å². The van der Waals surface area contributed by atoms with Crippen molar-refractivity contribution in [2.24, 2.45) is 0 Å². The summed E-state index contributed by atoms with van der Waals surface area (Å²) in [5.74, 6) is 0.888. The third-order valence-electron chi connectivity index (χ3n) is 3.21. The van der Waals surface area contributed by atoms with Crippen molar-refractivity contribution < 1.29 is 4.74 Å². The normalized spacial score (nSPS) is 11.2. The van der Waals surface area contributed by atoms with Gasteiger partial charge in [0.1, 0.15) is 5.75 Å². The van der Waals surface area contributed by atoms with Gasteiger partial charge in [-0.15, -0.1) is 0 Å². The Bertz CT molecular complexity index is 474. The van der Waals surface area contributed by atoms with Gasteiger partial charge in [0, 0.05) is 17.8 Å². The maximum Gasteiger partial charge on any atom is 0.118 e. The quantitative estimate of drug-likeness (QED) is 0.801. The molecule has 17 heavy (non-hydrogen) atoms. The highest BCUT2D eigenvalue weighted by atomic mass is 16.5. The Hall–Kier alpha value is -1.83. The van der Waals surface area contributed by atoms with Crippen LogP contribution >= 0.6 is 0 Å². The van der Waals surface area contributed by atoms with E-state index in [0.29, 0.717) is 0 Å². The third kappa shape index (κ3) is 2.31. The van der Waals surface area contributed by atoms with E-state index in [0.717, 1.165) is 5.75 Å². The predicted molar refractivity (Wildman–Crippen MR) is 69.4 cm³/mol. The molecule has 1 aromatic heterocycles. The van der Waals surface area contributed by atoms with E-state index >= 15 is 0 Å². The number of hydrogen-bond acceptors (Lipinski definition) is 2. The van der Waals surface area contributed by atoms with Crippen molar-refractivity contribution in [3.63, 3.8) is 0 Å². The lowest BCUT2D eigenvalue weighted by Crippen LogP contribution is -2.18. The lowest BCUT2D eigenvalue weighted by Gasteiger charge is -2.26. The van der Waals surface area contributed by atoms with Gasteiger partial charge in [-0.1, -0.05) is 26.0 Å². The molecule has 0 amide bonds. The molecule has 0 bridgehead atoms. The van der Waals surface area contributed by atoms with Crippen LogP contribution in [0, 0.1) is 0 Å². The molecule has 0 aliphatic rings. The Morgan fingerprint density at radius 3 is 1.94 bits per heavy atom. The van der Waals surface area contributed by atoms with Gasteiger partial charge in [-0.05, 0) is 35.4 Å².